The van der Waals surface area contributed by atoms with Crippen molar-refractivity contribution in [3.63, 3.8) is 0 Å². The minimum atomic E-state index is -0.239. The smallest absolute Gasteiger partial charge is 0.254 e. The maximum Gasteiger partial charge on any atom is 0.254 e. The van der Waals surface area contributed by atoms with Crippen molar-refractivity contribution in [3.05, 3.63) is 82.5 Å². The van der Waals surface area contributed by atoms with Crippen molar-refractivity contribution >= 4 is 40.5 Å². The van der Waals surface area contributed by atoms with Crippen LogP contribution in [0.3, 0.4) is 0 Å². The van der Waals surface area contributed by atoms with Gasteiger partial charge in [0, 0.05) is 33.7 Å². The summed E-state index contributed by atoms with van der Waals surface area (Å²) in [6.45, 7) is 2.66. The van der Waals surface area contributed by atoms with Gasteiger partial charge in [0.25, 0.3) is 11.8 Å². The van der Waals surface area contributed by atoms with E-state index in [9.17, 15) is 9.59 Å². The number of allylic oxidation sites excluding steroid dienone is 2. The van der Waals surface area contributed by atoms with Crippen molar-refractivity contribution in [2.24, 2.45) is 28.8 Å². The number of hydrogen-bond donors (Lipinski definition) is 0. The normalized spacial score (nSPS) is 26.2. The SMILES string of the molecule is Cc1c(/C=N\N2C(=O)[C@@H]3[C@H](C2=O)[C@@H]2C=C[C@H]3C2)c2ccccc2n1Cc1ccccc1Cl. The predicted molar refractivity (Wildman–Crippen MR) is 124 cm³/mol. The molecule has 0 unspecified atom stereocenters. The number of fused-ring (bicyclic) bond motifs is 6. The zero-order valence-electron chi connectivity index (χ0n) is 17.6. The fourth-order valence-electron chi connectivity index (χ4n) is 5.74. The van der Waals surface area contributed by atoms with Gasteiger partial charge >= 0.3 is 0 Å². The number of halogens is 1. The minimum Gasteiger partial charge on any atom is -0.340 e. The highest BCUT2D eigenvalue weighted by atomic mass is 35.5. The van der Waals surface area contributed by atoms with Gasteiger partial charge in [-0.05, 0) is 42.9 Å². The summed E-state index contributed by atoms with van der Waals surface area (Å²) < 4.78 is 2.20. The third-order valence-electron chi connectivity index (χ3n) is 7.32. The average Bonchev–Trinajstić information content (AvgIpc) is 3.53. The molecule has 1 saturated heterocycles. The molecule has 2 amide bonds. The van der Waals surface area contributed by atoms with Crippen molar-refractivity contribution in [3.8, 4) is 0 Å². The molecule has 1 saturated carbocycles. The van der Waals surface area contributed by atoms with Crippen LogP contribution in [0, 0.1) is 30.6 Å². The molecule has 2 heterocycles. The second-order valence-corrected chi connectivity index (χ2v) is 9.33. The Hall–Kier alpha value is -3.18. The molecule has 2 aromatic carbocycles. The van der Waals surface area contributed by atoms with Crippen LogP contribution in [0.25, 0.3) is 10.9 Å². The highest BCUT2D eigenvalue weighted by Crippen LogP contribution is 2.52. The molecule has 5 nitrogen and oxygen atoms in total. The molecule has 1 aromatic heterocycles. The largest absolute Gasteiger partial charge is 0.340 e. The van der Waals surface area contributed by atoms with Crippen LogP contribution in [0.4, 0.5) is 0 Å². The Labute approximate surface area is 191 Å². The van der Waals surface area contributed by atoms with Crippen molar-refractivity contribution in [1.29, 1.82) is 0 Å². The van der Waals surface area contributed by atoms with Gasteiger partial charge < -0.3 is 4.57 Å². The third-order valence-corrected chi connectivity index (χ3v) is 7.68. The molecule has 3 aromatic rings. The van der Waals surface area contributed by atoms with Gasteiger partial charge in [0.15, 0.2) is 0 Å². The van der Waals surface area contributed by atoms with E-state index >= 15 is 0 Å². The summed E-state index contributed by atoms with van der Waals surface area (Å²) in [4.78, 5) is 26.0. The summed E-state index contributed by atoms with van der Waals surface area (Å²) in [5, 5.41) is 7.29. The highest BCUT2D eigenvalue weighted by Gasteiger charge is 2.59. The van der Waals surface area contributed by atoms with Crippen LogP contribution in [-0.2, 0) is 16.1 Å². The van der Waals surface area contributed by atoms with E-state index in [-0.39, 0.29) is 35.5 Å². The van der Waals surface area contributed by atoms with E-state index in [0.717, 1.165) is 44.2 Å². The molecule has 0 N–H and O–H groups in total. The van der Waals surface area contributed by atoms with Crippen LogP contribution in [0.15, 0.2) is 65.8 Å². The number of hydrazone groups is 1. The van der Waals surface area contributed by atoms with E-state index in [1.165, 1.54) is 0 Å². The van der Waals surface area contributed by atoms with Gasteiger partial charge in [-0.15, -0.1) is 0 Å². The van der Waals surface area contributed by atoms with E-state index in [1.54, 1.807) is 6.21 Å². The first-order valence-corrected chi connectivity index (χ1v) is 11.3. The number of benzene rings is 2. The molecule has 4 atom stereocenters. The Morgan fingerprint density at radius 2 is 1.66 bits per heavy atom. The molecule has 2 aliphatic carbocycles. The molecule has 2 bridgehead atoms. The fourth-order valence-corrected chi connectivity index (χ4v) is 5.93. The van der Waals surface area contributed by atoms with Crippen LogP contribution in [0.2, 0.25) is 5.02 Å². The third kappa shape index (κ3) is 2.74. The number of rotatable bonds is 4. The fraction of sp³-hybridized carbons (Fsp3) is 0.269. The lowest BCUT2D eigenvalue weighted by Gasteiger charge is -2.13. The first-order valence-electron chi connectivity index (χ1n) is 11.0. The molecular formula is C26H22ClN3O2. The number of imide groups is 1. The Kier molecular flexibility index (Phi) is 4.37. The summed E-state index contributed by atoms with van der Waals surface area (Å²) in [6.07, 6.45) is 6.78. The first kappa shape index (κ1) is 19.5. The summed E-state index contributed by atoms with van der Waals surface area (Å²) in [6, 6.07) is 15.9. The van der Waals surface area contributed by atoms with Crippen molar-refractivity contribution in [1.82, 2.24) is 9.58 Å². The number of para-hydroxylation sites is 1. The topological polar surface area (TPSA) is 54.7 Å². The van der Waals surface area contributed by atoms with Gasteiger partial charge in [0.1, 0.15) is 0 Å². The minimum absolute atomic E-state index is 0.162. The maximum atomic E-state index is 13.0. The first-order chi connectivity index (χ1) is 15.5. The van der Waals surface area contributed by atoms with Gasteiger partial charge in [-0.3, -0.25) is 9.59 Å². The Bertz CT molecular complexity index is 1310. The molecule has 6 heteroatoms. The lowest BCUT2D eigenvalue weighted by atomic mass is 9.85. The monoisotopic (exact) mass is 443 g/mol. The molecule has 3 aliphatic rings. The van der Waals surface area contributed by atoms with Gasteiger partial charge in [-0.25, -0.2) is 0 Å². The van der Waals surface area contributed by atoms with Crippen LogP contribution in [-0.4, -0.2) is 27.6 Å². The summed E-state index contributed by atoms with van der Waals surface area (Å²) in [5.41, 5.74) is 4.01. The average molecular weight is 444 g/mol. The number of hydrogen-bond acceptors (Lipinski definition) is 3. The van der Waals surface area contributed by atoms with Crippen LogP contribution in [0.5, 0.6) is 0 Å². The van der Waals surface area contributed by atoms with E-state index in [4.69, 9.17) is 11.6 Å². The second-order valence-electron chi connectivity index (χ2n) is 8.93. The highest BCUT2D eigenvalue weighted by molar-refractivity contribution is 6.31. The molecule has 6 rings (SSSR count). The number of carbonyl (C=O) groups is 2. The lowest BCUT2D eigenvalue weighted by Crippen LogP contribution is -2.28. The zero-order chi connectivity index (χ0) is 22.0. The number of carbonyl (C=O) groups excluding carboxylic acids is 2. The van der Waals surface area contributed by atoms with Gasteiger partial charge in [0.2, 0.25) is 0 Å². The Balaban J connectivity index is 1.37. The molecule has 32 heavy (non-hydrogen) atoms. The van der Waals surface area contributed by atoms with Crippen LogP contribution < -0.4 is 0 Å². The number of amides is 2. The lowest BCUT2D eigenvalue weighted by molar-refractivity contribution is -0.140. The van der Waals surface area contributed by atoms with E-state index in [1.807, 2.05) is 49.4 Å². The number of nitrogens with zero attached hydrogens (tertiary/aromatic N) is 3. The molecular weight excluding hydrogens is 422 g/mol. The zero-order valence-corrected chi connectivity index (χ0v) is 18.4. The van der Waals surface area contributed by atoms with Gasteiger partial charge in [-0.2, -0.15) is 10.1 Å². The molecule has 0 spiro atoms. The van der Waals surface area contributed by atoms with Crippen molar-refractivity contribution in [2.45, 2.75) is 19.9 Å². The predicted octanol–water partition coefficient (Wildman–Crippen LogP) is 4.79. The van der Waals surface area contributed by atoms with Gasteiger partial charge in [0.05, 0.1) is 18.1 Å². The second kappa shape index (κ2) is 7.17. The summed E-state index contributed by atoms with van der Waals surface area (Å²) in [7, 11) is 0. The molecule has 2 fully saturated rings. The Morgan fingerprint density at radius 1 is 1.00 bits per heavy atom. The molecule has 0 radical (unpaired) electrons. The quantitative estimate of drug-likeness (QED) is 0.330. The summed E-state index contributed by atoms with van der Waals surface area (Å²) >= 11 is 6.41. The molecule has 160 valence electrons. The Morgan fingerprint density at radius 3 is 2.38 bits per heavy atom. The van der Waals surface area contributed by atoms with Crippen molar-refractivity contribution < 1.29 is 9.59 Å². The van der Waals surface area contributed by atoms with E-state index in [0.29, 0.717) is 6.54 Å². The van der Waals surface area contributed by atoms with Crippen LogP contribution in [0.1, 0.15) is 23.2 Å². The van der Waals surface area contributed by atoms with E-state index in [2.05, 4.69) is 27.9 Å². The maximum absolute atomic E-state index is 13.0. The summed E-state index contributed by atoms with van der Waals surface area (Å²) in [5.74, 6) is -0.437. The van der Waals surface area contributed by atoms with Crippen molar-refractivity contribution in [2.75, 3.05) is 0 Å². The number of aromatic nitrogens is 1. The van der Waals surface area contributed by atoms with Gasteiger partial charge in [-0.1, -0.05) is 60.2 Å². The van der Waals surface area contributed by atoms with Crippen LogP contribution >= 0.6 is 11.6 Å². The van der Waals surface area contributed by atoms with E-state index < -0.39 is 0 Å². The molecule has 1 aliphatic heterocycles. The standard InChI is InChI=1S/C26H22ClN3O2/c1-15-20(13-28-30-25(31)23-16-10-11-17(12-16)24(23)26(30)32)19-7-3-5-9-22(19)29(15)14-18-6-2-4-8-21(18)27/h2-11,13,16-17,23-24H,12,14H2,1H3/b28-13-/t16-,17+,23-,24+.